The first kappa shape index (κ1) is 18.0. The summed E-state index contributed by atoms with van der Waals surface area (Å²) in [4.78, 5) is 11.9. The van der Waals surface area contributed by atoms with Crippen LogP contribution in [0.1, 0.15) is 29.8 Å². The summed E-state index contributed by atoms with van der Waals surface area (Å²) in [6, 6.07) is 10.3. The lowest BCUT2D eigenvalue weighted by molar-refractivity contribution is -0.727. The number of rotatable bonds is 5. The molecule has 0 amide bonds. The smallest absolute Gasteiger partial charge is 0.346 e. The van der Waals surface area contributed by atoms with Crippen molar-refractivity contribution in [1.82, 2.24) is 0 Å². The van der Waals surface area contributed by atoms with Crippen molar-refractivity contribution in [2.75, 3.05) is 0 Å². The predicted octanol–water partition coefficient (Wildman–Crippen LogP) is -0.303. The Balaban J connectivity index is 0.00000242. The molecule has 0 spiro atoms. The fourth-order valence-corrected chi connectivity index (χ4v) is 2.11. The zero-order chi connectivity index (χ0) is 15.2. The molecule has 0 bridgehead atoms. The molecule has 0 saturated heterocycles. The van der Waals surface area contributed by atoms with Crippen molar-refractivity contribution in [3.63, 3.8) is 0 Å². The fraction of sp³-hybridized carbons (Fsp3) is 0.294. The van der Waals surface area contributed by atoms with Crippen molar-refractivity contribution in [2.24, 2.45) is 5.92 Å². The van der Waals surface area contributed by atoms with E-state index < -0.39 is 5.97 Å². The Morgan fingerprint density at radius 2 is 1.95 bits per heavy atom. The monoisotopic (exact) mass is 321 g/mol. The van der Waals surface area contributed by atoms with Crippen molar-refractivity contribution in [1.29, 1.82) is 0 Å². The number of para-hydroxylation sites is 1. The first-order valence-electron chi connectivity index (χ1n) is 6.99. The van der Waals surface area contributed by atoms with Crippen LogP contribution in [-0.4, -0.2) is 11.1 Å². The van der Waals surface area contributed by atoms with Gasteiger partial charge in [-0.3, -0.25) is 0 Å². The summed E-state index contributed by atoms with van der Waals surface area (Å²) in [6.45, 7) is 4.45. The number of nitrogens with zero attached hydrogens (tertiary/aromatic N) is 1. The van der Waals surface area contributed by atoms with E-state index in [1.165, 1.54) is 17.7 Å². The molecule has 0 aliphatic rings. The Bertz CT molecular complexity index is 629. The van der Waals surface area contributed by atoms with E-state index in [1.54, 1.807) is 12.1 Å². The molecule has 4 nitrogen and oxygen atoms in total. The number of phenolic OH excluding ortho intramolecular Hbond substituents is 1. The molecule has 2 rings (SSSR count). The van der Waals surface area contributed by atoms with E-state index in [1.807, 2.05) is 23.0 Å². The van der Waals surface area contributed by atoms with E-state index in [2.05, 4.69) is 19.9 Å². The summed E-state index contributed by atoms with van der Waals surface area (Å²) >= 11 is 0. The molecule has 1 N–H and O–H groups in total. The normalized spacial score (nSPS) is 10.1. The zero-order valence-electron chi connectivity index (χ0n) is 12.7. The predicted molar refractivity (Wildman–Crippen MR) is 78.7 cm³/mol. The number of pyridine rings is 1. The van der Waals surface area contributed by atoms with Crippen LogP contribution >= 0.6 is 0 Å². The number of phenols is 1. The molecule has 5 heteroatoms. The highest BCUT2D eigenvalue weighted by Crippen LogP contribution is 2.16. The molecule has 0 atom stereocenters. The minimum atomic E-state index is -0.533. The second kappa shape index (κ2) is 8.39. The van der Waals surface area contributed by atoms with E-state index >= 15 is 0 Å². The van der Waals surface area contributed by atoms with E-state index in [9.17, 15) is 9.90 Å². The van der Waals surface area contributed by atoms with Gasteiger partial charge >= 0.3 is 5.97 Å². The van der Waals surface area contributed by atoms with Gasteiger partial charge in [-0.05, 0) is 30.5 Å². The quantitative estimate of drug-likeness (QED) is 0.607. The van der Waals surface area contributed by atoms with Crippen LogP contribution in [0.25, 0.3) is 0 Å². The van der Waals surface area contributed by atoms with Gasteiger partial charge in [0.2, 0.25) is 0 Å². The van der Waals surface area contributed by atoms with Gasteiger partial charge in [-0.15, -0.1) is 0 Å². The van der Waals surface area contributed by atoms with Crippen LogP contribution in [-0.2, 0) is 17.9 Å². The molecule has 1 heterocycles. The van der Waals surface area contributed by atoms with Gasteiger partial charge in [-0.2, -0.15) is 4.57 Å². The molecular formula is C17H20ClNO3. The van der Waals surface area contributed by atoms with Gasteiger partial charge in [0.05, 0.1) is 0 Å². The van der Waals surface area contributed by atoms with E-state index in [0.717, 1.165) is 6.42 Å². The minimum Gasteiger partial charge on any atom is -1.00 e. The lowest BCUT2D eigenvalue weighted by Gasteiger charge is -2.05. The molecule has 1 aromatic heterocycles. The third-order valence-corrected chi connectivity index (χ3v) is 3.03. The SMILES string of the molecule is CC(C)Cc1ccc[n+](COC(=O)c2ccccc2O)c1.[Cl-]. The number of aromatic hydroxyl groups is 1. The number of hydrogen-bond donors (Lipinski definition) is 1. The summed E-state index contributed by atoms with van der Waals surface area (Å²) in [5.74, 6) is -0.0272. The molecular weight excluding hydrogens is 302 g/mol. The first-order valence-corrected chi connectivity index (χ1v) is 6.99. The van der Waals surface area contributed by atoms with Crippen LogP contribution in [0.5, 0.6) is 5.75 Å². The van der Waals surface area contributed by atoms with Crippen molar-refractivity contribution in [3.8, 4) is 5.75 Å². The van der Waals surface area contributed by atoms with E-state index in [0.29, 0.717) is 5.92 Å². The summed E-state index contributed by atoms with van der Waals surface area (Å²) < 4.78 is 7.03. The minimum absolute atomic E-state index is 0. The van der Waals surface area contributed by atoms with Crippen molar-refractivity contribution >= 4 is 5.97 Å². The topological polar surface area (TPSA) is 50.4 Å². The van der Waals surface area contributed by atoms with Crippen molar-refractivity contribution in [3.05, 3.63) is 59.9 Å². The number of carbonyl (C=O) groups excluding carboxylic acids is 1. The standard InChI is InChI=1S/C17H19NO3.ClH/c1-13(2)10-14-6-5-9-18(11-14)12-21-17(20)15-7-3-4-8-16(15)19;/h3-9,11,13H,10,12H2,1-2H3;1H. The van der Waals surface area contributed by atoms with Crippen molar-refractivity contribution < 1.29 is 31.6 Å². The zero-order valence-corrected chi connectivity index (χ0v) is 13.5. The highest BCUT2D eigenvalue weighted by Gasteiger charge is 2.14. The Kier molecular flexibility index (Phi) is 6.86. The van der Waals surface area contributed by atoms with Crippen LogP contribution < -0.4 is 17.0 Å². The number of hydrogen-bond acceptors (Lipinski definition) is 3. The molecule has 0 aliphatic carbocycles. The number of halogens is 1. The maximum Gasteiger partial charge on any atom is 0.346 e. The Hall–Kier alpha value is -2.07. The van der Waals surface area contributed by atoms with Crippen LogP contribution in [0.15, 0.2) is 48.8 Å². The Labute approximate surface area is 136 Å². The van der Waals surface area contributed by atoms with Gasteiger partial charge in [0, 0.05) is 11.6 Å². The van der Waals surface area contributed by atoms with E-state index in [4.69, 9.17) is 4.74 Å². The Morgan fingerprint density at radius 1 is 1.23 bits per heavy atom. The third-order valence-electron chi connectivity index (χ3n) is 3.03. The van der Waals surface area contributed by atoms with Gasteiger partial charge in [0.15, 0.2) is 12.4 Å². The molecule has 0 aliphatic heterocycles. The van der Waals surface area contributed by atoms with Crippen LogP contribution in [0.2, 0.25) is 0 Å². The van der Waals surface area contributed by atoms with Gasteiger partial charge in [0.1, 0.15) is 11.3 Å². The second-order valence-electron chi connectivity index (χ2n) is 5.40. The average molecular weight is 322 g/mol. The fourth-order valence-electron chi connectivity index (χ4n) is 2.11. The molecule has 0 radical (unpaired) electrons. The molecule has 2 aromatic rings. The average Bonchev–Trinajstić information content (AvgIpc) is 2.45. The Morgan fingerprint density at radius 3 is 2.64 bits per heavy atom. The highest BCUT2D eigenvalue weighted by molar-refractivity contribution is 5.92. The number of benzene rings is 1. The third kappa shape index (κ3) is 5.04. The maximum absolute atomic E-state index is 11.9. The summed E-state index contributed by atoms with van der Waals surface area (Å²) in [5.41, 5.74) is 1.38. The molecule has 0 unspecified atom stereocenters. The molecule has 1 aromatic carbocycles. The number of esters is 1. The van der Waals surface area contributed by atoms with Gasteiger partial charge in [-0.25, -0.2) is 4.79 Å². The second-order valence-corrected chi connectivity index (χ2v) is 5.40. The van der Waals surface area contributed by atoms with Crippen molar-refractivity contribution in [2.45, 2.75) is 27.0 Å². The lowest BCUT2D eigenvalue weighted by Crippen LogP contribution is -3.00. The van der Waals surface area contributed by atoms with Gasteiger partial charge in [-0.1, -0.05) is 26.0 Å². The number of carbonyl (C=O) groups is 1. The van der Waals surface area contributed by atoms with Crippen LogP contribution in [0, 0.1) is 5.92 Å². The highest BCUT2D eigenvalue weighted by atomic mass is 35.5. The molecule has 22 heavy (non-hydrogen) atoms. The number of aromatic nitrogens is 1. The number of ether oxygens (including phenoxy) is 1. The summed E-state index contributed by atoms with van der Waals surface area (Å²) in [5, 5.41) is 9.61. The largest absolute Gasteiger partial charge is 1.00 e. The maximum atomic E-state index is 11.9. The van der Waals surface area contributed by atoms with Gasteiger partial charge < -0.3 is 22.3 Å². The summed E-state index contributed by atoms with van der Waals surface area (Å²) in [6.07, 6.45) is 4.80. The van der Waals surface area contributed by atoms with E-state index in [-0.39, 0.29) is 30.5 Å². The molecule has 0 saturated carbocycles. The van der Waals surface area contributed by atoms with Crippen LogP contribution in [0.4, 0.5) is 0 Å². The molecule has 118 valence electrons. The van der Waals surface area contributed by atoms with Gasteiger partial charge in [0.25, 0.3) is 6.73 Å². The first-order chi connectivity index (χ1) is 10.1. The van der Waals surface area contributed by atoms with Crippen LogP contribution in [0.3, 0.4) is 0 Å². The lowest BCUT2D eigenvalue weighted by atomic mass is 10.1. The summed E-state index contributed by atoms with van der Waals surface area (Å²) in [7, 11) is 0. The molecule has 0 fully saturated rings.